The number of hydrogen-bond acceptors (Lipinski definition) is 5. The minimum atomic E-state index is -0.472. The maximum absolute atomic E-state index is 12.7. The van der Waals surface area contributed by atoms with Crippen LogP contribution in [0.1, 0.15) is 10.4 Å². The fourth-order valence-electron chi connectivity index (χ4n) is 2.43. The van der Waals surface area contributed by atoms with Crippen molar-refractivity contribution in [3.63, 3.8) is 0 Å². The Morgan fingerprint density at radius 2 is 1.95 bits per heavy atom. The van der Waals surface area contributed by atoms with Crippen LogP contribution in [0.15, 0.2) is 47.3 Å². The van der Waals surface area contributed by atoms with Crippen LogP contribution in [0.5, 0.6) is 0 Å². The third kappa shape index (κ3) is 2.28. The molecule has 0 aliphatic carbocycles. The summed E-state index contributed by atoms with van der Waals surface area (Å²) in [4.78, 5) is 25.0. The Balaban J connectivity index is 1.89. The van der Waals surface area contributed by atoms with E-state index in [1.54, 1.807) is 18.2 Å². The van der Waals surface area contributed by atoms with Crippen molar-refractivity contribution in [3.8, 4) is 0 Å². The first-order chi connectivity index (χ1) is 10.7. The van der Waals surface area contributed by atoms with Gasteiger partial charge in [0.2, 0.25) is 0 Å². The van der Waals surface area contributed by atoms with Crippen molar-refractivity contribution >= 4 is 37.5 Å². The molecule has 1 fully saturated rings. The van der Waals surface area contributed by atoms with E-state index in [-0.39, 0.29) is 18.1 Å². The fourth-order valence-corrected chi connectivity index (χ4v) is 3.53. The van der Waals surface area contributed by atoms with Gasteiger partial charge in [-0.25, -0.2) is 4.79 Å². The van der Waals surface area contributed by atoms with Crippen LogP contribution in [-0.2, 0) is 9.47 Å². The minimum absolute atomic E-state index is 0.00860. The van der Waals surface area contributed by atoms with Crippen LogP contribution in [0.4, 0.5) is 0 Å². The lowest BCUT2D eigenvalue weighted by molar-refractivity contribution is 0.0479. The van der Waals surface area contributed by atoms with E-state index in [2.05, 4.69) is 0 Å². The number of carbonyl (C=O) groups is 1. The molecule has 0 spiro atoms. The molecule has 0 N–H and O–H groups in total. The monoisotopic (exact) mass is 312 g/mol. The Labute approximate surface area is 129 Å². The summed E-state index contributed by atoms with van der Waals surface area (Å²) in [6.45, 7) is 0.864. The highest BCUT2D eigenvalue weighted by molar-refractivity contribution is 7.24. The number of esters is 1. The average molecular weight is 312 g/mol. The van der Waals surface area contributed by atoms with Gasteiger partial charge >= 0.3 is 5.97 Å². The van der Waals surface area contributed by atoms with E-state index >= 15 is 0 Å². The number of benzene rings is 2. The van der Waals surface area contributed by atoms with Gasteiger partial charge in [-0.3, -0.25) is 4.79 Å². The molecule has 1 saturated heterocycles. The molecule has 2 aromatic carbocycles. The summed E-state index contributed by atoms with van der Waals surface area (Å²) in [5.74, 6) is -0.472. The van der Waals surface area contributed by atoms with Crippen molar-refractivity contribution < 1.29 is 14.3 Å². The van der Waals surface area contributed by atoms with Gasteiger partial charge in [0.05, 0.1) is 17.6 Å². The van der Waals surface area contributed by atoms with Crippen molar-refractivity contribution in [2.45, 2.75) is 6.10 Å². The van der Waals surface area contributed by atoms with E-state index in [9.17, 15) is 9.59 Å². The van der Waals surface area contributed by atoms with Gasteiger partial charge in [0.1, 0.15) is 12.7 Å². The first-order valence-corrected chi connectivity index (χ1v) is 7.79. The first kappa shape index (κ1) is 13.4. The molecule has 22 heavy (non-hydrogen) atoms. The first-order valence-electron chi connectivity index (χ1n) is 6.97. The fraction of sp³-hybridized carbons (Fsp3) is 0.176. The summed E-state index contributed by atoms with van der Waals surface area (Å²) in [6.07, 6.45) is 0.00860. The molecule has 1 atom stereocenters. The van der Waals surface area contributed by atoms with E-state index in [1.165, 1.54) is 11.3 Å². The van der Waals surface area contributed by atoms with Gasteiger partial charge in [-0.1, -0.05) is 18.2 Å². The highest BCUT2D eigenvalue weighted by Crippen LogP contribution is 2.27. The number of ether oxygens (including phenoxy) is 2. The third-order valence-corrected chi connectivity index (χ3v) is 4.76. The zero-order chi connectivity index (χ0) is 15.1. The molecule has 1 unspecified atom stereocenters. The molecule has 0 radical (unpaired) electrons. The van der Waals surface area contributed by atoms with Crippen LogP contribution in [0.2, 0.25) is 0 Å². The molecule has 0 bridgehead atoms. The molecule has 5 heteroatoms. The highest BCUT2D eigenvalue weighted by Gasteiger charge is 2.25. The normalized spacial score (nSPS) is 16.8. The second-order valence-electron chi connectivity index (χ2n) is 5.16. The molecular weight excluding hydrogens is 300 g/mol. The Morgan fingerprint density at radius 3 is 2.77 bits per heavy atom. The van der Waals surface area contributed by atoms with Crippen LogP contribution in [0, 0.1) is 0 Å². The molecular formula is C17H12O4S. The molecule has 4 nitrogen and oxygen atoms in total. The third-order valence-electron chi connectivity index (χ3n) is 3.63. The van der Waals surface area contributed by atoms with Crippen LogP contribution < -0.4 is 5.43 Å². The number of epoxide rings is 1. The molecule has 0 amide bonds. The van der Waals surface area contributed by atoms with Gasteiger partial charge < -0.3 is 9.47 Å². The van der Waals surface area contributed by atoms with Crippen molar-refractivity contribution in [1.29, 1.82) is 0 Å². The summed E-state index contributed by atoms with van der Waals surface area (Å²) in [7, 11) is 0. The van der Waals surface area contributed by atoms with Gasteiger partial charge in [-0.05, 0) is 24.3 Å². The van der Waals surface area contributed by atoms with Crippen molar-refractivity contribution in [1.82, 2.24) is 0 Å². The lowest BCUT2D eigenvalue weighted by atomic mass is 10.1. The van der Waals surface area contributed by atoms with Crippen LogP contribution in [0.3, 0.4) is 0 Å². The maximum atomic E-state index is 12.7. The SMILES string of the molecule is O=C(OCC1CO1)c1cccc2sc3ccccc3c(=O)c12. The molecule has 0 saturated carbocycles. The summed E-state index contributed by atoms with van der Waals surface area (Å²) in [5.41, 5.74) is 0.199. The summed E-state index contributed by atoms with van der Waals surface area (Å²) < 4.78 is 12.0. The lowest BCUT2D eigenvalue weighted by Crippen LogP contribution is -2.13. The van der Waals surface area contributed by atoms with E-state index in [1.807, 2.05) is 24.3 Å². The maximum Gasteiger partial charge on any atom is 0.339 e. The molecule has 1 aliphatic heterocycles. The topological polar surface area (TPSA) is 55.9 Å². The molecule has 4 rings (SSSR count). The molecule has 110 valence electrons. The van der Waals surface area contributed by atoms with Crippen molar-refractivity contribution in [3.05, 3.63) is 58.3 Å². The van der Waals surface area contributed by atoms with E-state index < -0.39 is 5.97 Å². The van der Waals surface area contributed by atoms with Crippen LogP contribution >= 0.6 is 11.3 Å². The Hall–Kier alpha value is -2.24. The van der Waals surface area contributed by atoms with Gasteiger partial charge in [-0.15, -0.1) is 11.3 Å². The van der Waals surface area contributed by atoms with Gasteiger partial charge in [0.15, 0.2) is 5.43 Å². The average Bonchev–Trinajstić information content (AvgIpc) is 3.36. The summed E-state index contributed by atoms with van der Waals surface area (Å²) in [6, 6.07) is 12.7. The molecule has 2 heterocycles. The minimum Gasteiger partial charge on any atom is -0.459 e. The number of hydrogen-bond donors (Lipinski definition) is 0. The predicted octanol–water partition coefficient (Wildman–Crippen LogP) is 2.97. The zero-order valence-corrected chi connectivity index (χ0v) is 12.4. The Bertz CT molecular complexity index is 940. The second kappa shape index (κ2) is 5.19. The summed E-state index contributed by atoms with van der Waals surface area (Å²) >= 11 is 1.50. The van der Waals surface area contributed by atoms with Crippen LogP contribution in [0.25, 0.3) is 20.2 Å². The number of fused-ring (bicyclic) bond motifs is 2. The Kier molecular flexibility index (Phi) is 3.17. The molecule has 3 aromatic rings. The van der Waals surface area contributed by atoms with Crippen molar-refractivity contribution in [2.24, 2.45) is 0 Å². The largest absolute Gasteiger partial charge is 0.459 e. The zero-order valence-electron chi connectivity index (χ0n) is 11.6. The smallest absolute Gasteiger partial charge is 0.339 e. The molecule has 1 aliphatic rings. The second-order valence-corrected chi connectivity index (χ2v) is 6.24. The predicted molar refractivity (Wildman–Crippen MR) is 85.6 cm³/mol. The van der Waals surface area contributed by atoms with E-state index in [0.29, 0.717) is 22.9 Å². The Morgan fingerprint density at radius 1 is 1.18 bits per heavy atom. The van der Waals surface area contributed by atoms with Crippen LogP contribution in [-0.4, -0.2) is 25.3 Å². The van der Waals surface area contributed by atoms with E-state index in [0.717, 1.165) is 9.40 Å². The van der Waals surface area contributed by atoms with Gasteiger partial charge in [0.25, 0.3) is 0 Å². The van der Waals surface area contributed by atoms with E-state index in [4.69, 9.17) is 9.47 Å². The van der Waals surface area contributed by atoms with Gasteiger partial charge in [0, 0.05) is 14.8 Å². The quantitative estimate of drug-likeness (QED) is 0.424. The number of rotatable bonds is 3. The summed E-state index contributed by atoms with van der Waals surface area (Å²) in [5, 5.41) is 1.07. The highest BCUT2D eigenvalue weighted by atomic mass is 32.1. The standard InChI is InChI=1S/C17H12O4S/c18-16-11-4-1-2-6-13(11)22-14-7-3-5-12(15(14)16)17(19)21-9-10-8-20-10/h1-7,10H,8-9H2. The number of carbonyl (C=O) groups excluding carboxylic acids is 1. The lowest BCUT2D eigenvalue weighted by Gasteiger charge is -2.07. The van der Waals surface area contributed by atoms with Crippen molar-refractivity contribution in [2.75, 3.05) is 13.2 Å². The van der Waals surface area contributed by atoms with Gasteiger partial charge in [-0.2, -0.15) is 0 Å². The molecule has 1 aromatic heterocycles.